The highest BCUT2D eigenvalue weighted by Gasteiger charge is 2.34. The Balaban J connectivity index is 1.54. The largest absolute Gasteiger partial charge is 0.331 e. The van der Waals surface area contributed by atoms with Crippen LogP contribution in [-0.4, -0.2) is 39.2 Å². The van der Waals surface area contributed by atoms with E-state index in [9.17, 15) is 24.5 Å². The fraction of sp³-hybridized carbons (Fsp3) is 0.111. The van der Waals surface area contributed by atoms with Crippen LogP contribution in [0.3, 0.4) is 0 Å². The molecule has 148 valence electrons. The summed E-state index contributed by atoms with van der Waals surface area (Å²) in [6.45, 7) is -0.0813. The third-order valence-electron chi connectivity index (χ3n) is 4.11. The van der Waals surface area contributed by atoms with Gasteiger partial charge in [-0.1, -0.05) is 12.1 Å². The van der Waals surface area contributed by atoms with Gasteiger partial charge in [-0.2, -0.15) is 0 Å². The highest BCUT2D eigenvalue weighted by atomic mass is 79.9. The van der Waals surface area contributed by atoms with Crippen molar-refractivity contribution >= 4 is 62.4 Å². The average Bonchev–Trinajstić information content (AvgIpc) is 2.92. The van der Waals surface area contributed by atoms with E-state index in [1.54, 1.807) is 24.3 Å². The molecular weight excluding hydrogens is 464 g/mol. The SMILES string of the molecule is O=C(CCN1C(=O)c2ccccc2C1=O)NC(=S)Nc1ccc([N+](=O)[O-])cc1Br. The number of carbonyl (C=O) groups excluding carboxylic acids is 3. The smallest absolute Gasteiger partial charge is 0.270 e. The number of anilines is 1. The maximum absolute atomic E-state index is 12.3. The normalized spacial score (nSPS) is 12.5. The van der Waals surface area contributed by atoms with E-state index in [2.05, 4.69) is 26.6 Å². The molecule has 3 amide bonds. The van der Waals surface area contributed by atoms with Crippen molar-refractivity contribution in [1.82, 2.24) is 10.2 Å². The van der Waals surface area contributed by atoms with Gasteiger partial charge in [0.05, 0.1) is 21.7 Å². The number of rotatable bonds is 5. The second kappa shape index (κ2) is 8.45. The molecule has 1 aliphatic heterocycles. The predicted molar refractivity (Wildman–Crippen MR) is 112 cm³/mol. The molecule has 2 aromatic carbocycles. The van der Waals surface area contributed by atoms with E-state index < -0.39 is 22.6 Å². The summed E-state index contributed by atoms with van der Waals surface area (Å²) in [6, 6.07) is 10.5. The predicted octanol–water partition coefficient (Wildman–Crippen LogP) is 2.86. The standard InChI is InChI=1S/C18H13BrN4O5S/c19-13-9-10(23(27)28)5-6-14(13)20-18(29)21-15(24)7-8-22-16(25)11-3-1-2-4-12(11)17(22)26/h1-6,9H,7-8H2,(H2,20,21,24,29). The van der Waals surface area contributed by atoms with Crippen molar-refractivity contribution in [3.8, 4) is 0 Å². The maximum atomic E-state index is 12.3. The van der Waals surface area contributed by atoms with E-state index in [-0.39, 0.29) is 23.8 Å². The van der Waals surface area contributed by atoms with Crippen molar-refractivity contribution in [2.45, 2.75) is 6.42 Å². The van der Waals surface area contributed by atoms with E-state index in [0.29, 0.717) is 21.3 Å². The Bertz CT molecular complexity index is 1020. The number of nitrogens with one attached hydrogen (secondary N) is 2. The molecule has 11 heteroatoms. The number of hydrogen-bond acceptors (Lipinski definition) is 6. The van der Waals surface area contributed by atoms with Gasteiger partial charge < -0.3 is 10.6 Å². The number of hydrogen-bond donors (Lipinski definition) is 2. The van der Waals surface area contributed by atoms with Gasteiger partial charge in [0.1, 0.15) is 0 Å². The van der Waals surface area contributed by atoms with Crippen LogP contribution in [0.4, 0.5) is 11.4 Å². The van der Waals surface area contributed by atoms with Crippen molar-refractivity contribution in [1.29, 1.82) is 0 Å². The fourth-order valence-corrected chi connectivity index (χ4v) is 3.41. The number of fused-ring (bicyclic) bond motifs is 1. The van der Waals surface area contributed by atoms with Crippen LogP contribution in [0.25, 0.3) is 0 Å². The van der Waals surface area contributed by atoms with Crippen molar-refractivity contribution in [2.24, 2.45) is 0 Å². The first-order valence-corrected chi connectivity index (χ1v) is 9.48. The minimum Gasteiger partial charge on any atom is -0.331 e. The van der Waals surface area contributed by atoms with E-state index in [4.69, 9.17) is 12.2 Å². The molecule has 3 rings (SSSR count). The van der Waals surface area contributed by atoms with Gasteiger partial charge in [-0.25, -0.2) is 0 Å². The third kappa shape index (κ3) is 4.46. The summed E-state index contributed by atoms with van der Waals surface area (Å²) in [5.74, 6) is -1.36. The number of nitro groups is 1. The average molecular weight is 477 g/mol. The molecule has 1 heterocycles. The second-order valence-electron chi connectivity index (χ2n) is 5.98. The Kier molecular flexibility index (Phi) is 5.99. The van der Waals surface area contributed by atoms with Crippen LogP contribution in [0.15, 0.2) is 46.9 Å². The molecule has 0 atom stereocenters. The molecule has 0 aromatic heterocycles. The first kappa shape index (κ1) is 20.6. The Labute approximate surface area is 178 Å². The molecule has 0 fully saturated rings. The van der Waals surface area contributed by atoms with Gasteiger partial charge in [0, 0.05) is 29.6 Å². The van der Waals surface area contributed by atoms with Crippen molar-refractivity contribution in [2.75, 3.05) is 11.9 Å². The van der Waals surface area contributed by atoms with Gasteiger partial charge in [-0.15, -0.1) is 0 Å². The number of thiocarbonyl (C=S) groups is 1. The van der Waals surface area contributed by atoms with Gasteiger partial charge in [0.15, 0.2) is 5.11 Å². The number of imide groups is 1. The van der Waals surface area contributed by atoms with Crippen LogP contribution in [-0.2, 0) is 4.79 Å². The molecular formula is C18H13BrN4O5S. The van der Waals surface area contributed by atoms with Crippen LogP contribution < -0.4 is 10.6 Å². The Morgan fingerprint density at radius 3 is 2.31 bits per heavy atom. The topological polar surface area (TPSA) is 122 Å². The molecule has 0 spiro atoms. The van der Waals surface area contributed by atoms with Gasteiger partial charge in [0.2, 0.25) is 5.91 Å². The third-order valence-corrected chi connectivity index (χ3v) is 4.97. The van der Waals surface area contributed by atoms with Crippen molar-refractivity contribution < 1.29 is 19.3 Å². The first-order valence-electron chi connectivity index (χ1n) is 8.28. The van der Waals surface area contributed by atoms with E-state index in [1.165, 1.54) is 18.2 Å². The molecule has 0 bridgehead atoms. The van der Waals surface area contributed by atoms with Gasteiger partial charge >= 0.3 is 0 Å². The summed E-state index contributed by atoms with van der Waals surface area (Å²) >= 11 is 8.26. The van der Waals surface area contributed by atoms with Crippen LogP contribution in [0.2, 0.25) is 0 Å². The minimum atomic E-state index is -0.534. The lowest BCUT2D eigenvalue weighted by Crippen LogP contribution is -2.38. The minimum absolute atomic E-state index is 0.0214. The van der Waals surface area contributed by atoms with Crippen LogP contribution in [0.5, 0.6) is 0 Å². The molecule has 2 N–H and O–H groups in total. The molecule has 0 aliphatic carbocycles. The molecule has 0 saturated heterocycles. The van der Waals surface area contributed by atoms with Crippen LogP contribution in [0.1, 0.15) is 27.1 Å². The zero-order valence-corrected chi connectivity index (χ0v) is 17.1. The maximum Gasteiger partial charge on any atom is 0.270 e. The molecule has 0 radical (unpaired) electrons. The number of carbonyl (C=O) groups is 3. The molecule has 0 unspecified atom stereocenters. The number of nitrogens with zero attached hydrogens (tertiary/aromatic N) is 2. The summed E-state index contributed by atoms with van der Waals surface area (Å²) in [5.41, 5.74) is 0.968. The monoisotopic (exact) mass is 476 g/mol. The molecule has 2 aromatic rings. The highest BCUT2D eigenvalue weighted by molar-refractivity contribution is 9.10. The Hall–Kier alpha value is -3.18. The van der Waals surface area contributed by atoms with Gasteiger partial charge in [-0.05, 0) is 46.3 Å². The molecule has 9 nitrogen and oxygen atoms in total. The number of halogens is 1. The summed E-state index contributed by atoms with van der Waals surface area (Å²) in [4.78, 5) is 47.9. The van der Waals surface area contributed by atoms with Crippen molar-refractivity contribution in [3.05, 3.63) is 68.2 Å². The van der Waals surface area contributed by atoms with Crippen LogP contribution >= 0.6 is 28.1 Å². The lowest BCUT2D eigenvalue weighted by molar-refractivity contribution is -0.384. The first-order chi connectivity index (χ1) is 13.8. The van der Waals surface area contributed by atoms with E-state index >= 15 is 0 Å². The second-order valence-corrected chi connectivity index (χ2v) is 7.24. The summed E-state index contributed by atoms with van der Waals surface area (Å²) in [7, 11) is 0. The lowest BCUT2D eigenvalue weighted by atomic mass is 10.1. The summed E-state index contributed by atoms with van der Waals surface area (Å²) < 4.78 is 0.398. The van der Waals surface area contributed by atoms with Gasteiger partial charge in [-0.3, -0.25) is 29.4 Å². The number of benzene rings is 2. The number of non-ortho nitro benzene ring substituents is 1. The van der Waals surface area contributed by atoms with E-state index in [1.807, 2.05) is 0 Å². The number of nitro benzene ring substituents is 1. The fourth-order valence-electron chi connectivity index (χ4n) is 2.72. The quantitative estimate of drug-likeness (QED) is 0.294. The Morgan fingerprint density at radius 1 is 1.14 bits per heavy atom. The molecule has 29 heavy (non-hydrogen) atoms. The van der Waals surface area contributed by atoms with Gasteiger partial charge in [0.25, 0.3) is 17.5 Å². The summed E-state index contributed by atoms with van der Waals surface area (Å²) in [5, 5.41) is 15.9. The van der Waals surface area contributed by atoms with Crippen molar-refractivity contribution in [3.63, 3.8) is 0 Å². The lowest BCUT2D eigenvalue weighted by Gasteiger charge is -2.14. The zero-order chi connectivity index (χ0) is 21.1. The highest BCUT2D eigenvalue weighted by Crippen LogP contribution is 2.27. The van der Waals surface area contributed by atoms with E-state index in [0.717, 1.165) is 4.90 Å². The molecule has 1 aliphatic rings. The number of amides is 3. The zero-order valence-electron chi connectivity index (χ0n) is 14.7. The Morgan fingerprint density at radius 2 is 1.76 bits per heavy atom. The van der Waals surface area contributed by atoms with Crippen LogP contribution in [0, 0.1) is 10.1 Å². The molecule has 0 saturated carbocycles. The summed E-state index contributed by atoms with van der Waals surface area (Å²) in [6.07, 6.45) is -0.130.